The molecule has 0 aliphatic carbocycles. The zero-order valence-corrected chi connectivity index (χ0v) is 8.74. The molecule has 0 radical (unpaired) electrons. The predicted molar refractivity (Wildman–Crippen MR) is 54.7 cm³/mol. The second-order valence-electron chi connectivity index (χ2n) is 3.36. The Morgan fingerprint density at radius 3 is 2.77 bits per heavy atom. The molecule has 0 spiro atoms. The first-order chi connectivity index (χ1) is 6.15. The quantitative estimate of drug-likeness (QED) is 0.679. The maximum Gasteiger partial charge on any atom is 0.126 e. The molecule has 0 fully saturated rings. The second kappa shape index (κ2) is 4.61. The van der Waals surface area contributed by atoms with Crippen LogP contribution in [0.5, 0.6) is 0 Å². The molecule has 1 unspecified atom stereocenters. The number of benzene rings is 1. The Balaban J connectivity index is 2.91. The molecule has 0 heterocycles. The van der Waals surface area contributed by atoms with E-state index in [1.807, 2.05) is 6.92 Å². The van der Waals surface area contributed by atoms with Crippen LogP contribution in [0.4, 0.5) is 4.39 Å². The smallest absolute Gasteiger partial charge is 0.126 e. The molecule has 0 nitrogen and oxygen atoms in total. The Hall–Kier alpha value is -0.560. The van der Waals surface area contributed by atoms with Crippen molar-refractivity contribution < 1.29 is 4.39 Å². The standard InChI is InChI=1S/C11H14ClF/c1-3-4-8(2)10-7-9(12)5-6-11(10)13/h5-8H,3-4H2,1-2H3. The molecule has 0 aromatic heterocycles. The Kier molecular flexibility index (Phi) is 3.73. The van der Waals surface area contributed by atoms with Gasteiger partial charge in [0.05, 0.1) is 0 Å². The third kappa shape index (κ3) is 2.70. The van der Waals surface area contributed by atoms with E-state index in [-0.39, 0.29) is 11.7 Å². The number of hydrogen-bond donors (Lipinski definition) is 0. The van der Waals surface area contributed by atoms with Gasteiger partial charge in [0.15, 0.2) is 0 Å². The van der Waals surface area contributed by atoms with Gasteiger partial charge in [-0.05, 0) is 36.1 Å². The summed E-state index contributed by atoms with van der Waals surface area (Å²) in [7, 11) is 0. The second-order valence-corrected chi connectivity index (χ2v) is 3.79. The average molecular weight is 201 g/mol. The Labute approximate surface area is 83.7 Å². The SMILES string of the molecule is CCCC(C)c1cc(Cl)ccc1F. The van der Waals surface area contributed by atoms with Crippen LogP contribution in [0.3, 0.4) is 0 Å². The topological polar surface area (TPSA) is 0 Å². The summed E-state index contributed by atoms with van der Waals surface area (Å²) in [5.74, 6) is 0.106. The molecule has 1 aromatic carbocycles. The van der Waals surface area contributed by atoms with E-state index in [0.29, 0.717) is 5.02 Å². The van der Waals surface area contributed by atoms with Crippen LogP contribution in [0.1, 0.15) is 38.2 Å². The van der Waals surface area contributed by atoms with E-state index in [4.69, 9.17) is 11.6 Å². The van der Waals surface area contributed by atoms with Crippen molar-refractivity contribution in [3.05, 3.63) is 34.6 Å². The van der Waals surface area contributed by atoms with E-state index in [1.165, 1.54) is 6.07 Å². The molecular formula is C11H14ClF. The van der Waals surface area contributed by atoms with Gasteiger partial charge in [-0.1, -0.05) is 31.9 Å². The molecule has 0 aliphatic heterocycles. The molecule has 72 valence electrons. The van der Waals surface area contributed by atoms with E-state index in [0.717, 1.165) is 18.4 Å². The van der Waals surface area contributed by atoms with Gasteiger partial charge in [-0.25, -0.2) is 4.39 Å². The van der Waals surface area contributed by atoms with Crippen LogP contribution in [0.25, 0.3) is 0 Å². The maximum atomic E-state index is 13.3. The highest BCUT2D eigenvalue weighted by Crippen LogP contribution is 2.25. The highest BCUT2D eigenvalue weighted by Gasteiger charge is 2.10. The predicted octanol–water partition coefficient (Wildman–Crippen LogP) is 4.38. The third-order valence-electron chi connectivity index (χ3n) is 2.21. The molecule has 13 heavy (non-hydrogen) atoms. The van der Waals surface area contributed by atoms with Crippen LogP contribution in [-0.4, -0.2) is 0 Å². The fourth-order valence-corrected chi connectivity index (χ4v) is 1.66. The van der Waals surface area contributed by atoms with Crippen molar-refractivity contribution in [3.8, 4) is 0 Å². The van der Waals surface area contributed by atoms with Crippen molar-refractivity contribution in [1.82, 2.24) is 0 Å². The van der Waals surface area contributed by atoms with Crippen LogP contribution in [0.2, 0.25) is 5.02 Å². The summed E-state index contributed by atoms with van der Waals surface area (Å²) >= 11 is 5.79. The summed E-state index contributed by atoms with van der Waals surface area (Å²) < 4.78 is 13.3. The maximum absolute atomic E-state index is 13.3. The minimum atomic E-state index is -0.148. The third-order valence-corrected chi connectivity index (χ3v) is 2.45. The molecule has 2 heteroatoms. The van der Waals surface area contributed by atoms with Gasteiger partial charge in [0.25, 0.3) is 0 Å². The van der Waals surface area contributed by atoms with Crippen molar-refractivity contribution >= 4 is 11.6 Å². The van der Waals surface area contributed by atoms with Gasteiger partial charge in [-0.2, -0.15) is 0 Å². The van der Waals surface area contributed by atoms with Gasteiger partial charge in [-0.3, -0.25) is 0 Å². The first-order valence-corrected chi connectivity index (χ1v) is 4.98. The monoisotopic (exact) mass is 200 g/mol. The summed E-state index contributed by atoms with van der Waals surface area (Å²) in [6.07, 6.45) is 2.06. The minimum Gasteiger partial charge on any atom is -0.207 e. The van der Waals surface area contributed by atoms with Gasteiger partial charge in [0.1, 0.15) is 5.82 Å². The van der Waals surface area contributed by atoms with Crippen LogP contribution in [-0.2, 0) is 0 Å². The molecule has 0 bridgehead atoms. The van der Waals surface area contributed by atoms with Crippen molar-refractivity contribution in [2.24, 2.45) is 0 Å². The molecule has 1 aromatic rings. The average Bonchev–Trinajstić information content (AvgIpc) is 2.09. The molecule has 1 atom stereocenters. The summed E-state index contributed by atoms with van der Waals surface area (Å²) in [6, 6.07) is 4.74. The van der Waals surface area contributed by atoms with Crippen LogP contribution >= 0.6 is 11.6 Å². The van der Waals surface area contributed by atoms with E-state index in [2.05, 4.69) is 6.92 Å². The van der Waals surface area contributed by atoms with Gasteiger partial charge in [0, 0.05) is 5.02 Å². The molecule has 0 N–H and O–H groups in total. The molecule has 0 saturated heterocycles. The lowest BCUT2D eigenvalue weighted by Crippen LogP contribution is -1.96. The number of rotatable bonds is 3. The van der Waals surface area contributed by atoms with E-state index < -0.39 is 0 Å². The largest absolute Gasteiger partial charge is 0.207 e. The lowest BCUT2D eigenvalue weighted by molar-refractivity contribution is 0.571. The summed E-state index contributed by atoms with van der Waals surface area (Å²) in [5, 5.41) is 0.611. The highest BCUT2D eigenvalue weighted by atomic mass is 35.5. The number of halogens is 2. The van der Waals surface area contributed by atoms with Gasteiger partial charge in [-0.15, -0.1) is 0 Å². The number of hydrogen-bond acceptors (Lipinski definition) is 0. The molecule has 1 rings (SSSR count). The van der Waals surface area contributed by atoms with Crippen molar-refractivity contribution in [1.29, 1.82) is 0 Å². The molecule has 0 saturated carbocycles. The highest BCUT2D eigenvalue weighted by molar-refractivity contribution is 6.30. The molecular weight excluding hydrogens is 187 g/mol. The Bertz CT molecular complexity index is 283. The molecule has 0 aliphatic rings. The van der Waals surface area contributed by atoms with E-state index in [1.54, 1.807) is 12.1 Å². The summed E-state index contributed by atoms with van der Waals surface area (Å²) in [4.78, 5) is 0. The van der Waals surface area contributed by atoms with Gasteiger partial charge in [0.2, 0.25) is 0 Å². The van der Waals surface area contributed by atoms with Crippen LogP contribution < -0.4 is 0 Å². The molecule has 0 amide bonds. The summed E-state index contributed by atoms with van der Waals surface area (Å²) in [5.41, 5.74) is 0.731. The lowest BCUT2D eigenvalue weighted by atomic mass is 9.96. The van der Waals surface area contributed by atoms with Gasteiger partial charge < -0.3 is 0 Å². The normalized spacial score (nSPS) is 12.9. The first-order valence-electron chi connectivity index (χ1n) is 4.60. The van der Waals surface area contributed by atoms with E-state index >= 15 is 0 Å². The zero-order chi connectivity index (χ0) is 9.84. The van der Waals surface area contributed by atoms with Crippen LogP contribution in [0, 0.1) is 5.82 Å². The zero-order valence-electron chi connectivity index (χ0n) is 7.98. The van der Waals surface area contributed by atoms with E-state index in [9.17, 15) is 4.39 Å². The van der Waals surface area contributed by atoms with Crippen molar-refractivity contribution in [2.75, 3.05) is 0 Å². The fourth-order valence-electron chi connectivity index (χ4n) is 1.48. The lowest BCUT2D eigenvalue weighted by Gasteiger charge is -2.11. The first kappa shape index (κ1) is 10.5. The van der Waals surface area contributed by atoms with Crippen molar-refractivity contribution in [3.63, 3.8) is 0 Å². The van der Waals surface area contributed by atoms with Gasteiger partial charge >= 0.3 is 0 Å². The minimum absolute atomic E-state index is 0.148. The Morgan fingerprint density at radius 1 is 1.46 bits per heavy atom. The Morgan fingerprint density at radius 2 is 2.15 bits per heavy atom. The summed E-state index contributed by atoms with van der Waals surface area (Å²) in [6.45, 7) is 4.12. The fraction of sp³-hybridized carbons (Fsp3) is 0.455. The van der Waals surface area contributed by atoms with Crippen molar-refractivity contribution in [2.45, 2.75) is 32.6 Å². The van der Waals surface area contributed by atoms with Crippen LogP contribution in [0.15, 0.2) is 18.2 Å².